The van der Waals surface area contributed by atoms with Crippen LogP contribution in [0.15, 0.2) is 35.9 Å². The van der Waals surface area contributed by atoms with Gasteiger partial charge < -0.3 is 14.8 Å². The van der Waals surface area contributed by atoms with Crippen molar-refractivity contribution in [2.45, 2.75) is 53.6 Å². The van der Waals surface area contributed by atoms with E-state index >= 15 is 0 Å². The third-order valence-corrected chi connectivity index (χ3v) is 5.56. The molecule has 1 aliphatic rings. The van der Waals surface area contributed by atoms with Gasteiger partial charge in [0.25, 0.3) is 5.91 Å². The van der Waals surface area contributed by atoms with Gasteiger partial charge in [-0.1, -0.05) is 26.0 Å². The van der Waals surface area contributed by atoms with Gasteiger partial charge in [0.15, 0.2) is 0 Å². The van der Waals surface area contributed by atoms with Crippen molar-refractivity contribution < 1.29 is 9.59 Å². The zero-order valence-electron chi connectivity index (χ0n) is 18.7. The Bertz CT molecular complexity index is 1060. The van der Waals surface area contributed by atoms with E-state index in [1.54, 1.807) is 12.1 Å². The minimum absolute atomic E-state index is 0.0601. The van der Waals surface area contributed by atoms with Crippen LogP contribution in [0.1, 0.15) is 49.2 Å². The number of aromatic nitrogens is 1. The second-order valence-corrected chi connectivity index (χ2v) is 8.57. The Kier molecular flexibility index (Phi) is 6.96. The van der Waals surface area contributed by atoms with Crippen LogP contribution in [0.4, 0.5) is 5.69 Å². The van der Waals surface area contributed by atoms with Crippen LogP contribution in [0.5, 0.6) is 0 Å². The van der Waals surface area contributed by atoms with Crippen molar-refractivity contribution in [2.24, 2.45) is 5.92 Å². The molecule has 0 atom stereocenters. The maximum Gasteiger partial charge on any atom is 0.266 e. The summed E-state index contributed by atoms with van der Waals surface area (Å²) in [6.45, 7) is 10.6. The van der Waals surface area contributed by atoms with Crippen LogP contribution in [0.2, 0.25) is 0 Å². The molecule has 6 heteroatoms. The van der Waals surface area contributed by atoms with Gasteiger partial charge >= 0.3 is 0 Å². The molecule has 1 aromatic heterocycles. The van der Waals surface area contributed by atoms with Crippen molar-refractivity contribution in [1.82, 2.24) is 9.47 Å². The highest BCUT2D eigenvalue weighted by atomic mass is 16.2. The quantitative estimate of drug-likeness (QED) is 0.534. The molecular weight excluding hydrogens is 388 g/mol. The molecule has 2 heterocycles. The minimum atomic E-state index is -0.439. The molecule has 2 amide bonds. The number of carbonyl (C=O) groups excluding carboxylic acids is 2. The molecule has 2 aromatic rings. The van der Waals surface area contributed by atoms with Gasteiger partial charge in [-0.05, 0) is 61.6 Å². The number of anilines is 1. The largest absolute Gasteiger partial charge is 0.348 e. The van der Waals surface area contributed by atoms with Gasteiger partial charge in [-0.3, -0.25) is 9.59 Å². The highest BCUT2D eigenvalue weighted by molar-refractivity contribution is 6.09. The first kappa shape index (κ1) is 22.4. The number of benzene rings is 1. The van der Waals surface area contributed by atoms with Crippen LogP contribution in [0, 0.1) is 31.1 Å². The number of hydrogen-bond donors (Lipinski definition) is 1. The number of aryl methyl sites for hydroxylation is 1. The van der Waals surface area contributed by atoms with E-state index < -0.39 is 5.91 Å². The summed E-state index contributed by atoms with van der Waals surface area (Å²) in [5.74, 6) is 0.230. The van der Waals surface area contributed by atoms with E-state index in [-0.39, 0.29) is 11.5 Å². The number of hydrogen-bond acceptors (Lipinski definition) is 3. The summed E-state index contributed by atoms with van der Waals surface area (Å²) in [6.07, 6.45) is 3.15. The molecule has 31 heavy (non-hydrogen) atoms. The summed E-state index contributed by atoms with van der Waals surface area (Å²) in [4.78, 5) is 26.5. The molecule has 6 nitrogen and oxygen atoms in total. The molecule has 3 rings (SSSR count). The smallest absolute Gasteiger partial charge is 0.266 e. The molecule has 1 N–H and O–H groups in total. The van der Waals surface area contributed by atoms with Gasteiger partial charge in [-0.15, -0.1) is 0 Å². The summed E-state index contributed by atoms with van der Waals surface area (Å²) >= 11 is 0. The normalized spacial score (nSPS) is 14.3. The molecule has 1 fully saturated rings. The zero-order chi connectivity index (χ0) is 22.5. The van der Waals surface area contributed by atoms with E-state index in [0.717, 1.165) is 42.0 Å². The molecular formula is C25H30N4O2. The highest BCUT2D eigenvalue weighted by Gasteiger charge is 2.20. The molecule has 0 bridgehead atoms. The summed E-state index contributed by atoms with van der Waals surface area (Å²) in [6, 6.07) is 11.5. The lowest BCUT2D eigenvalue weighted by Crippen LogP contribution is -2.23. The summed E-state index contributed by atoms with van der Waals surface area (Å²) in [5.41, 5.74) is 4.66. The average molecular weight is 419 g/mol. The van der Waals surface area contributed by atoms with Gasteiger partial charge in [-0.25, -0.2) is 0 Å². The Balaban J connectivity index is 1.75. The number of amides is 2. The number of rotatable bonds is 7. The molecule has 0 spiro atoms. The maximum absolute atomic E-state index is 12.8. The maximum atomic E-state index is 12.8. The van der Waals surface area contributed by atoms with Gasteiger partial charge in [0, 0.05) is 43.1 Å². The van der Waals surface area contributed by atoms with Gasteiger partial charge in [0.1, 0.15) is 11.6 Å². The first-order valence-electron chi connectivity index (χ1n) is 10.7. The van der Waals surface area contributed by atoms with E-state index in [9.17, 15) is 14.9 Å². The lowest BCUT2D eigenvalue weighted by atomic mass is 10.1. The van der Waals surface area contributed by atoms with Crippen molar-refractivity contribution in [3.8, 4) is 6.07 Å². The van der Waals surface area contributed by atoms with Crippen molar-refractivity contribution in [2.75, 3.05) is 11.9 Å². The second-order valence-electron chi connectivity index (χ2n) is 8.57. The van der Waals surface area contributed by atoms with Gasteiger partial charge in [0.05, 0.1) is 0 Å². The van der Waals surface area contributed by atoms with Crippen molar-refractivity contribution in [1.29, 1.82) is 5.26 Å². The third kappa shape index (κ3) is 5.43. The molecule has 0 radical (unpaired) electrons. The van der Waals surface area contributed by atoms with Crippen molar-refractivity contribution in [3.05, 3.63) is 58.4 Å². The third-order valence-electron chi connectivity index (χ3n) is 5.56. The molecule has 1 saturated heterocycles. The fraction of sp³-hybridized carbons (Fsp3) is 0.400. The Hall–Kier alpha value is -3.33. The lowest BCUT2D eigenvalue weighted by molar-refractivity contribution is -0.128. The standard InChI is InChI=1S/C25H30N4O2/c1-17(2)15-29-18(3)11-21(19(29)4)13-22(14-26)25(31)27-23-8-5-7-20(12-23)16-28-10-6-9-24(28)30/h5,7-8,11-13,17H,6,9-10,15-16H2,1-4H3,(H,27,31)/b22-13+. The van der Waals surface area contributed by atoms with Gasteiger partial charge in [0.2, 0.25) is 5.91 Å². The summed E-state index contributed by atoms with van der Waals surface area (Å²) in [7, 11) is 0. The monoisotopic (exact) mass is 418 g/mol. The van der Waals surface area contributed by atoms with Crippen LogP contribution >= 0.6 is 0 Å². The Morgan fingerprint density at radius 1 is 1.29 bits per heavy atom. The summed E-state index contributed by atoms with van der Waals surface area (Å²) in [5, 5.41) is 12.4. The van der Waals surface area contributed by atoms with E-state index in [1.807, 2.05) is 49.1 Å². The van der Waals surface area contributed by atoms with E-state index in [4.69, 9.17) is 0 Å². The highest BCUT2D eigenvalue weighted by Crippen LogP contribution is 2.21. The molecule has 0 unspecified atom stereocenters. The van der Waals surface area contributed by atoms with Crippen LogP contribution in [-0.2, 0) is 22.7 Å². The molecule has 0 aliphatic carbocycles. The minimum Gasteiger partial charge on any atom is -0.348 e. The fourth-order valence-corrected chi connectivity index (χ4v) is 3.96. The van der Waals surface area contributed by atoms with Crippen molar-refractivity contribution >= 4 is 23.6 Å². The number of carbonyl (C=O) groups is 2. The SMILES string of the molecule is Cc1cc(/C=C(\C#N)C(=O)Nc2cccc(CN3CCCC3=O)c2)c(C)n1CC(C)C. The number of nitriles is 1. The molecule has 1 aromatic carbocycles. The first-order valence-corrected chi connectivity index (χ1v) is 10.7. The predicted molar refractivity (Wildman–Crippen MR) is 122 cm³/mol. The topological polar surface area (TPSA) is 78.1 Å². The Morgan fingerprint density at radius 2 is 2.06 bits per heavy atom. The molecule has 0 saturated carbocycles. The molecule has 162 valence electrons. The Morgan fingerprint density at radius 3 is 2.71 bits per heavy atom. The van der Waals surface area contributed by atoms with Crippen LogP contribution in [0.3, 0.4) is 0 Å². The fourth-order valence-electron chi connectivity index (χ4n) is 3.96. The van der Waals surface area contributed by atoms with Gasteiger partial charge in [-0.2, -0.15) is 5.26 Å². The van der Waals surface area contributed by atoms with Crippen LogP contribution in [-0.4, -0.2) is 27.8 Å². The van der Waals surface area contributed by atoms with Crippen molar-refractivity contribution in [3.63, 3.8) is 0 Å². The second kappa shape index (κ2) is 9.65. The van der Waals surface area contributed by atoms with Crippen LogP contribution < -0.4 is 5.32 Å². The van der Waals surface area contributed by atoms with E-state index in [2.05, 4.69) is 23.7 Å². The number of nitrogens with one attached hydrogen (secondary N) is 1. The lowest BCUT2D eigenvalue weighted by Gasteiger charge is -2.16. The Labute approximate surface area is 184 Å². The molecule has 1 aliphatic heterocycles. The van der Waals surface area contributed by atoms with Crippen LogP contribution in [0.25, 0.3) is 6.08 Å². The summed E-state index contributed by atoms with van der Waals surface area (Å²) < 4.78 is 2.21. The predicted octanol–water partition coefficient (Wildman–Crippen LogP) is 4.43. The van der Waals surface area contributed by atoms with E-state index in [0.29, 0.717) is 24.6 Å². The average Bonchev–Trinajstić information content (AvgIpc) is 3.23. The van der Waals surface area contributed by atoms with E-state index in [1.165, 1.54) is 0 Å². The number of nitrogens with zero attached hydrogens (tertiary/aromatic N) is 3. The first-order chi connectivity index (χ1) is 14.8. The zero-order valence-corrected chi connectivity index (χ0v) is 18.7. The number of likely N-dealkylation sites (tertiary alicyclic amines) is 1.